The third-order valence-electron chi connectivity index (χ3n) is 7.06. The number of benzene rings is 3. The topological polar surface area (TPSA) is 97.6 Å². The van der Waals surface area contributed by atoms with Gasteiger partial charge in [0.25, 0.3) is 5.91 Å². The average Bonchev–Trinajstić information content (AvgIpc) is 3.49. The second-order valence-electron chi connectivity index (χ2n) is 9.69. The van der Waals surface area contributed by atoms with Gasteiger partial charge in [0.2, 0.25) is 0 Å². The van der Waals surface area contributed by atoms with E-state index < -0.39 is 30.3 Å². The van der Waals surface area contributed by atoms with Gasteiger partial charge in [0.1, 0.15) is 30.9 Å². The Kier molecular flexibility index (Phi) is 8.49. The molecule has 1 aliphatic rings. The van der Waals surface area contributed by atoms with E-state index in [-0.39, 0.29) is 12.3 Å². The van der Waals surface area contributed by atoms with Crippen LogP contribution in [-0.4, -0.2) is 48.8 Å². The SMILES string of the molecule is CCC[C@H](C(=O)O)N1C(=O)[C@H](Cc2ccc(-n3cncn3)cc2)O[C@@H](c2ccc(Cl)cc2)[C@H]1c1ccc(Cl)cc1. The molecule has 3 aromatic carbocycles. The number of aliphatic carboxylic acids is 1. The van der Waals surface area contributed by atoms with Gasteiger partial charge in [-0.25, -0.2) is 14.5 Å². The highest BCUT2D eigenvalue weighted by atomic mass is 35.5. The lowest BCUT2D eigenvalue weighted by atomic mass is 9.88. The summed E-state index contributed by atoms with van der Waals surface area (Å²) in [6, 6.07) is 20.2. The number of hydrogen-bond acceptors (Lipinski definition) is 5. The van der Waals surface area contributed by atoms with Gasteiger partial charge in [0, 0.05) is 16.5 Å². The highest BCUT2D eigenvalue weighted by molar-refractivity contribution is 6.30. The number of carbonyl (C=O) groups is 2. The van der Waals surface area contributed by atoms with Crippen molar-refractivity contribution in [3.8, 4) is 5.69 Å². The van der Waals surface area contributed by atoms with Crippen molar-refractivity contribution in [3.05, 3.63) is 112 Å². The number of nitrogens with zero attached hydrogens (tertiary/aromatic N) is 4. The Bertz CT molecular complexity index is 1440. The molecule has 1 fully saturated rings. The van der Waals surface area contributed by atoms with Crippen molar-refractivity contribution >= 4 is 35.1 Å². The Morgan fingerprint density at radius 2 is 1.60 bits per heavy atom. The van der Waals surface area contributed by atoms with Crippen LogP contribution < -0.4 is 0 Å². The number of rotatable bonds is 9. The van der Waals surface area contributed by atoms with Crippen LogP contribution in [0.15, 0.2) is 85.5 Å². The summed E-state index contributed by atoms with van der Waals surface area (Å²) in [5.41, 5.74) is 3.21. The summed E-state index contributed by atoms with van der Waals surface area (Å²) < 4.78 is 8.22. The first-order chi connectivity index (χ1) is 19.4. The van der Waals surface area contributed by atoms with Crippen LogP contribution in [0.3, 0.4) is 0 Å². The monoisotopic (exact) mass is 578 g/mol. The van der Waals surface area contributed by atoms with E-state index in [9.17, 15) is 14.7 Å². The van der Waals surface area contributed by atoms with E-state index in [2.05, 4.69) is 10.1 Å². The number of aromatic nitrogens is 3. The minimum absolute atomic E-state index is 0.267. The van der Waals surface area contributed by atoms with Crippen molar-refractivity contribution < 1.29 is 19.4 Å². The molecule has 1 amide bonds. The number of carboxylic acid groups (broad SMARTS) is 1. The van der Waals surface area contributed by atoms with Crippen molar-refractivity contribution in [1.29, 1.82) is 0 Å². The third-order valence-corrected chi connectivity index (χ3v) is 7.56. The van der Waals surface area contributed by atoms with Crippen LogP contribution in [0.2, 0.25) is 10.0 Å². The summed E-state index contributed by atoms with van der Waals surface area (Å²) in [5.74, 6) is -1.42. The van der Waals surface area contributed by atoms with Crippen LogP contribution in [0.1, 0.15) is 48.6 Å². The Labute approximate surface area is 242 Å². The molecule has 0 unspecified atom stereocenters. The highest BCUT2D eigenvalue weighted by Crippen LogP contribution is 2.44. The first-order valence-corrected chi connectivity index (χ1v) is 13.8. The summed E-state index contributed by atoms with van der Waals surface area (Å²) in [4.78, 5) is 32.2. The van der Waals surface area contributed by atoms with Gasteiger partial charge >= 0.3 is 5.97 Å². The fourth-order valence-electron chi connectivity index (χ4n) is 5.15. The molecule has 4 atom stereocenters. The van der Waals surface area contributed by atoms with Crippen LogP contribution in [0.5, 0.6) is 0 Å². The molecule has 2 heterocycles. The van der Waals surface area contributed by atoms with E-state index in [0.29, 0.717) is 22.9 Å². The Hall–Kier alpha value is -3.72. The minimum atomic E-state index is -1.05. The predicted molar refractivity (Wildman–Crippen MR) is 151 cm³/mol. The van der Waals surface area contributed by atoms with E-state index in [4.69, 9.17) is 27.9 Å². The molecule has 10 heteroatoms. The maximum atomic E-state index is 14.2. The Balaban J connectivity index is 1.56. The molecule has 0 aliphatic carbocycles. The molecule has 1 aromatic heterocycles. The van der Waals surface area contributed by atoms with E-state index in [1.165, 1.54) is 11.2 Å². The smallest absolute Gasteiger partial charge is 0.326 e. The molecule has 0 radical (unpaired) electrons. The minimum Gasteiger partial charge on any atom is -0.480 e. The molecule has 1 aliphatic heterocycles. The molecule has 0 spiro atoms. The summed E-state index contributed by atoms with van der Waals surface area (Å²) >= 11 is 12.4. The lowest BCUT2D eigenvalue weighted by molar-refractivity contribution is -0.184. The zero-order valence-electron chi connectivity index (χ0n) is 21.7. The lowest BCUT2D eigenvalue weighted by Gasteiger charge is -2.47. The molecule has 8 nitrogen and oxygen atoms in total. The highest BCUT2D eigenvalue weighted by Gasteiger charge is 2.48. The van der Waals surface area contributed by atoms with Gasteiger partial charge in [-0.15, -0.1) is 0 Å². The van der Waals surface area contributed by atoms with Gasteiger partial charge in [0.05, 0.1) is 11.7 Å². The predicted octanol–water partition coefficient (Wildman–Crippen LogP) is 6.08. The molecule has 0 saturated carbocycles. The quantitative estimate of drug-likeness (QED) is 0.258. The van der Waals surface area contributed by atoms with Gasteiger partial charge in [0.15, 0.2) is 0 Å². The maximum absolute atomic E-state index is 14.2. The normalized spacial score (nSPS) is 19.9. The number of hydrogen-bond donors (Lipinski definition) is 1. The molecule has 4 aromatic rings. The molecule has 1 saturated heterocycles. The number of ether oxygens (including phenoxy) is 1. The van der Waals surface area contributed by atoms with Gasteiger partial charge in [-0.1, -0.05) is 72.9 Å². The fourth-order valence-corrected chi connectivity index (χ4v) is 5.40. The Morgan fingerprint density at radius 3 is 2.15 bits per heavy atom. The number of carbonyl (C=O) groups excluding carboxylic acids is 1. The van der Waals surface area contributed by atoms with Crippen LogP contribution in [0.25, 0.3) is 5.69 Å². The van der Waals surface area contributed by atoms with Crippen molar-refractivity contribution in [2.75, 3.05) is 0 Å². The summed E-state index contributed by atoms with van der Waals surface area (Å²) in [7, 11) is 0. The molecule has 1 N–H and O–H groups in total. The van der Waals surface area contributed by atoms with Gasteiger partial charge in [-0.05, 0) is 59.5 Å². The van der Waals surface area contributed by atoms with E-state index >= 15 is 0 Å². The summed E-state index contributed by atoms with van der Waals surface area (Å²) in [6.07, 6.45) is 2.68. The molecule has 5 rings (SSSR count). The second kappa shape index (κ2) is 12.2. The third kappa shape index (κ3) is 5.89. The van der Waals surface area contributed by atoms with Crippen molar-refractivity contribution in [1.82, 2.24) is 19.7 Å². The molecular weight excluding hydrogens is 551 g/mol. The van der Waals surface area contributed by atoms with Crippen molar-refractivity contribution in [2.24, 2.45) is 0 Å². The lowest BCUT2D eigenvalue weighted by Crippen LogP contribution is -2.57. The zero-order valence-corrected chi connectivity index (χ0v) is 23.2. The largest absolute Gasteiger partial charge is 0.480 e. The Morgan fingerprint density at radius 1 is 0.975 bits per heavy atom. The van der Waals surface area contributed by atoms with Crippen molar-refractivity contribution in [2.45, 2.75) is 50.5 Å². The van der Waals surface area contributed by atoms with E-state index in [0.717, 1.165) is 22.4 Å². The number of halogens is 2. The maximum Gasteiger partial charge on any atom is 0.326 e. The van der Waals surface area contributed by atoms with E-state index in [1.807, 2.05) is 55.5 Å². The first-order valence-electron chi connectivity index (χ1n) is 13.0. The molecule has 40 heavy (non-hydrogen) atoms. The van der Waals surface area contributed by atoms with Crippen LogP contribution in [0.4, 0.5) is 0 Å². The molecule has 206 valence electrons. The average molecular weight is 579 g/mol. The van der Waals surface area contributed by atoms with Crippen LogP contribution in [0, 0.1) is 0 Å². The van der Waals surface area contributed by atoms with E-state index in [1.54, 1.807) is 35.3 Å². The van der Waals surface area contributed by atoms with Crippen molar-refractivity contribution in [3.63, 3.8) is 0 Å². The first kappa shape index (κ1) is 27.8. The van der Waals surface area contributed by atoms with Crippen LogP contribution >= 0.6 is 23.2 Å². The fraction of sp³-hybridized carbons (Fsp3) is 0.267. The number of morpholine rings is 1. The van der Waals surface area contributed by atoms with Gasteiger partial charge in [-0.3, -0.25) is 4.79 Å². The zero-order chi connectivity index (χ0) is 28.2. The molecule has 0 bridgehead atoms. The van der Waals surface area contributed by atoms with Gasteiger partial charge < -0.3 is 14.7 Å². The number of amides is 1. The van der Waals surface area contributed by atoms with Gasteiger partial charge in [-0.2, -0.15) is 5.10 Å². The van der Waals surface area contributed by atoms with Crippen LogP contribution in [-0.2, 0) is 20.7 Å². The summed E-state index contributed by atoms with van der Waals surface area (Å²) in [5, 5.41) is 15.5. The standard InChI is InChI=1S/C30H28Cl2N4O4/c1-2-3-25(30(38)39)36-27(20-6-10-22(31)11-7-20)28(21-8-12-23(32)13-9-21)40-26(29(36)37)16-19-4-14-24(15-5-19)35-18-33-17-34-35/h4-15,17-18,25-28H,2-3,16H2,1H3,(H,38,39)/t25-,26+,27-,28+/m1/s1. The summed E-state index contributed by atoms with van der Waals surface area (Å²) in [6.45, 7) is 1.91. The second-order valence-corrected chi connectivity index (χ2v) is 10.6. The molecular formula is C30H28Cl2N4O4. The number of carboxylic acids is 1.